The van der Waals surface area contributed by atoms with Gasteiger partial charge in [-0.1, -0.05) is 81.1 Å². The summed E-state index contributed by atoms with van der Waals surface area (Å²) >= 11 is 1.05. The van der Waals surface area contributed by atoms with E-state index in [0.29, 0.717) is 0 Å². The molecule has 0 heterocycles. The van der Waals surface area contributed by atoms with E-state index < -0.39 is 18.1 Å². The van der Waals surface area contributed by atoms with E-state index >= 15 is 0 Å². The number of thioether (sulfide) groups is 1. The molecule has 0 bridgehead atoms. The van der Waals surface area contributed by atoms with Crippen LogP contribution in [0.5, 0.6) is 0 Å². The zero-order valence-corrected chi connectivity index (χ0v) is 18.0. The Hall–Kier alpha value is -2.80. The van der Waals surface area contributed by atoms with Crippen molar-refractivity contribution >= 4 is 28.9 Å². The molecule has 0 fully saturated rings. The average Bonchev–Trinajstić information content (AvgIpc) is 2.98. The van der Waals surface area contributed by atoms with Crippen molar-refractivity contribution in [3.05, 3.63) is 59.7 Å². The molecular weight excluding hydrogens is 402 g/mol. The number of alkyl carbamates (subject to hydrolysis) is 1. The largest absolute Gasteiger partial charge is 0.480 e. The molecule has 1 atom stereocenters. The molecule has 2 aromatic carbocycles. The van der Waals surface area contributed by atoms with Crippen molar-refractivity contribution in [2.75, 3.05) is 6.61 Å². The van der Waals surface area contributed by atoms with Gasteiger partial charge in [0.2, 0.25) is 0 Å². The van der Waals surface area contributed by atoms with Gasteiger partial charge in [0.05, 0.1) is 0 Å². The van der Waals surface area contributed by atoms with Crippen molar-refractivity contribution in [1.82, 2.24) is 5.32 Å². The topological polar surface area (TPSA) is 92.7 Å². The van der Waals surface area contributed by atoms with Crippen LogP contribution < -0.4 is 5.32 Å². The molecule has 1 aliphatic rings. The fourth-order valence-corrected chi connectivity index (χ4v) is 4.47. The monoisotopic (exact) mass is 427 g/mol. The molecule has 0 radical (unpaired) electrons. The first-order chi connectivity index (χ1) is 14.2. The number of carbonyl (C=O) groups is 3. The van der Waals surface area contributed by atoms with Crippen LogP contribution in [-0.2, 0) is 14.3 Å². The minimum absolute atomic E-state index is 0.0802. The number of fused-ring (bicyclic) bond motifs is 3. The summed E-state index contributed by atoms with van der Waals surface area (Å²) in [5, 5.41) is 11.4. The third-order valence-electron chi connectivity index (χ3n) is 4.72. The molecule has 0 spiro atoms. The van der Waals surface area contributed by atoms with Crippen LogP contribution in [0.3, 0.4) is 0 Å². The SMILES string of the molecule is CC(C)(C)SC(=O)C[C@H](NC(=O)OCC1c2ccccc2-c2ccccc21)C(=O)O. The molecule has 7 heteroatoms. The van der Waals surface area contributed by atoms with Gasteiger partial charge in [0.25, 0.3) is 0 Å². The molecule has 1 amide bonds. The lowest BCUT2D eigenvalue weighted by molar-refractivity contribution is -0.140. The van der Waals surface area contributed by atoms with E-state index in [2.05, 4.69) is 5.32 Å². The van der Waals surface area contributed by atoms with Crippen LogP contribution in [-0.4, -0.2) is 39.7 Å². The predicted octanol–water partition coefficient (Wildman–Crippen LogP) is 4.43. The number of amides is 1. The van der Waals surface area contributed by atoms with E-state index in [9.17, 15) is 19.5 Å². The molecule has 30 heavy (non-hydrogen) atoms. The van der Waals surface area contributed by atoms with Gasteiger partial charge in [-0.05, 0) is 22.3 Å². The van der Waals surface area contributed by atoms with Crippen LogP contribution in [0.25, 0.3) is 11.1 Å². The minimum Gasteiger partial charge on any atom is -0.480 e. The van der Waals surface area contributed by atoms with E-state index in [1.54, 1.807) is 0 Å². The van der Waals surface area contributed by atoms with Gasteiger partial charge in [-0.25, -0.2) is 9.59 Å². The van der Waals surface area contributed by atoms with Crippen LogP contribution in [0.1, 0.15) is 44.2 Å². The highest BCUT2D eigenvalue weighted by Crippen LogP contribution is 2.44. The van der Waals surface area contributed by atoms with Crippen LogP contribution in [0.2, 0.25) is 0 Å². The van der Waals surface area contributed by atoms with Crippen LogP contribution in [0, 0.1) is 0 Å². The van der Waals surface area contributed by atoms with Crippen molar-refractivity contribution in [3.8, 4) is 11.1 Å². The summed E-state index contributed by atoms with van der Waals surface area (Å²) in [7, 11) is 0. The van der Waals surface area contributed by atoms with Crippen molar-refractivity contribution in [2.45, 2.75) is 43.9 Å². The lowest BCUT2D eigenvalue weighted by Crippen LogP contribution is -2.42. The highest BCUT2D eigenvalue weighted by atomic mass is 32.2. The Morgan fingerprint density at radius 1 is 1.03 bits per heavy atom. The quantitative estimate of drug-likeness (QED) is 0.709. The number of ether oxygens (including phenoxy) is 1. The number of hydrogen-bond donors (Lipinski definition) is 2. The highest BCUT2D eigenvalue weighted by molar-refractivity contribution is 8.14. The summed E-state index contributed by atoms with van der Waals surface area (Å²) in [5.74, 6) is -1.39. The number of carboxylic acid groups (broad SMARTS) is 1. The van der Waals surface area contributed by atoms with E-state index in [1.165, 1.54) is 0 Å². The first-order valence-electron chi connectivity index (χ1n) is 9.72. The Morgan fingerprint density at radius 3 is 2.07 bits per heavy atom. The maximum absolute atomic E-state index is 12.3. The van der Waals surface area contributed by atoms with E-state index in [1.807, 2.05) is 69.3 Å². The molecular formula is C23H25NO5S. The number of hydrogen-bond acceptors (Lipinski definition) is 5. The van der Waals surface area contributed by atoms with E-state index in [0.717, 1.165) is 34.0 Å². The fraction of sp³-hybridized carbons (Fsp3) is 0.348. The Bertz CT molecular complexity index is 921. The Morgan fingerprint density at radius 2 is 1.57 bits per heavy atom. The summed E-state index contributed by atoms with van der Waals surface area (Å²) < 4.78 is 5.04. The first kappa shape index (κ1) is 21.9. The molecule has 158 valence electrons. The number of carbonyl (C=O) groups excluding carboxylic acids is 2. The lowest BCUT2D eigenvalue weighted by atomic mass is 9.98. The van der Waals surface area contributed by atoms with Gasteiger partial charge in [0.15, 0.2) is 5.12 Å². The lowest BCUT2D eigenvalue weighted by Gasteiger charge is -2.19. The van der Waals surface area contributed by atoms with Crippen molar-refractivity contribution in [3.63, 3.8) is 0 Å². The van der Waals surface area contributed by atoms with Crippen LogP contribution in [0.4, 0.5) is 4.79 Å². The molecule has 3 rings (SSSR count). The number of benzene rings is 2. The van der Waals surface area contributed by atoms with Gasteiger partial charge in [0, 0.05) is 17.1 Å². The van der Waals surface area contributed by atoms with Gasteiger partial charge in [-0.15, -0.1) is 0 Å². The number of aliphatic carboxylic acids is 1. The zero-order chi connectivity index (χ0) is 21.9. The normalized spacial score (nSPS) is 13.8. The summed E-state index contributed by atoms with van der Waals surface area (Å²) in [6, 6.07) is 14.6. The van der Waals surface area contributed by atoms with Gasteiger partial charge >= 0.3 is 12.1 Å². The van der Waals surface area contributed by atoms with Crippen molar-refractivity contribution in [1.29, 1.82) is 0 Å². The smallest absolute Gasteiger partial charge is 0.407 e. The summed E-state index contributed by atoms with van der Waals surface area (Å²) in [5.41, 5.74) is 4.35. The van der Waals surface area contributed by atoms with Crippen LogP contribution in [0.15, 0.2) is 48.5 Å². The van der Waals surface area contributed by atoms with Gasteiger partial charge in [0.1, 0.15) is 12.6 Å². The maximum atomic E-state index is 12.3. The van der Waals surface area contributed by atoms with Gasteiger partial charge in [-0.3, -0.25) is 4.79 Å². The second-order valence-corrected chi connectivity index (χ2v) is 10.0. The van der Waals surface area contributed by atoms with E-state index in [4.69, 9.17) is 4.74 Å². The van der Waals surface area contributed by atoms with Crippen molar-refractivity contribution in [2.24, 2.45) is 0 Å². The zero-order valence-electron chi connectivity index (χ0n) is 17.2. The molecule has 6 nitrogen and oxygen atoms in total. The minimum atomic E-state index is -1.33. The molecule has 0 saturated heterocycles. The molecule has 2 aromatic rings. The Balaban J connectivity index is 1.64. The van der Waals surface area contributed by atoms with Gasteiger partial charge in [-0.2, -0.15) is 0 Å². The first-order valence-corrected chi connectivity index (χ1v) is 10.5. The average molecular weight is 428 g/mol. The molecule has 0 aliphatic heterocycles. The second kappa shape index (κ2) is 8.92. The summed E-state index contributed by atoms with van der Waals surface area (Å²) in [6.45, 7) is 5.68. The number of carboxylic acids is 1. The standard InChI is InChI=1S/C23H25NO5S/c1-23(2,3)30-20(25)12-19(21(26)27)24-22(28)29-13-18-16-10-6-4-8-14(16)15-9-5-7-11-17(15)18/h4-11,18-19H,12-13H2,1-3H3,(H,24,28)(H,26,27)/t19-/m0/s1. The third-order valence-corrected chi connectivity index (χ3v) is 5.73. The van der Waals surface area contributed by atoms with Crippen molar-refractivity contribution < 1.29 is 24.2 Å². The third kappa shape index (κ3) is 5.21. The number of nitrogens with one attached hydrogen (secondary N) is 1. The molecule has 1 aliphatic carbocycles. The predicted molar refractivity (Wildman–Crippen MR) is 117 cm³/mol. The fourth-order valence-electron chi connectivity index (χ4n) is 3.53. The maximum Gasteiger partial charge on any atom is 0.407 e. The van der Waals surface area contributed by atoms with E-state index in [-0.39, 0.29) is 28.8 Å². The summed E-state index contributed by atoms with van der Waals surface area (Å²) in [6.07, 6.45) is -1.15. The molecule has 2 N–H and O–H groups in total. The highest BCUT2D eigenvalue weighted by Gasteiger charge is 2.30. The number of rotatable bonds is 6. The molecule has 0 unspecified atom stereocenters. The molecule has 0 saturated carbocycles. The van der Waals surface area contributed by atoms with Gasteiger partial charge < -0.3 is 15.2 Å². The Labute approximate surface area is 180 Å². The molecule has 0 aromatic heterocycles. The second-order valence-electron chi connectivity index (χ2n) is 8.15. The van der Waals surface area contributed by atoms with Crippen LogP contribution >= 0.6 is 11.8 Å². The summed E-state index contributed by atoms with van der Waals surface area (Å²) in [4.78, 5) is 35.9. The Kier molecular flexibility index (Phi) is 6.51.